The molecule has 380 valence electrons. The molecule has 0 aromatic heterocycles. The normalized spacial score (nSPS) is 20.8. The average molecular weight is 936 g/mol. The van der Waals surface area contributed by atoms with Crippen LogP contribution in [0.3, 0.4) is 0 Å². The van der Waals surface area contributed by atoms with Gasteiger partial charge in [-0.2, -0.15) is 8.42 Å². The number of ether oxygens (including phenoxy) is 2. The molecule has 1 aliphatic heterocycles. The maximum atomic E-state index is 13.1. The van der Waals surface area contributed by atoms with Gasteiger partial charge in [-0.25, -0.2) is 4.18 Å². The number of allylic oxidation sites excluding steroid dienone is 1. The summed E-state index contributed by atoms with van der Waals surface area (Å²) < 4.78 is 47.6. The Balaban J connectivity index is 2.50. The Morgan fingerprint density at radius 1 is 0.625 bits per heavy atom. The van der Waals surface area contributed by atoms with Gasteiger partial charge in [0.1, 0.15) is 30.5 Å². The minimum atomic E-state index is -5.12. The van der Waals surface area contributed by atoms with Crippen LogP contribution in [-0.4, -0.2) is 107 Å². The van der Waals surface area contributed by atoms with Crippen LogP contribution in [-0.2, 0) is 28.9 Å². The van der Waals surface area contributed by atoms with E-state index in [2.05, 4.69) is 23.3 Å². The standard InChI is InChI=1S/C50H97NO12S/c1-3-5-7-9-11-13-15-17-19-20-21-22-23-24-25-27-28-30-32-34-36-38-43(53)42(41-61-50-47(56)48(63-64(58,59)60)46(55)45(40-52)62-50)51-49(57)44(54)39-37-35-33-31-29-26-18-16-14-12-10-8-6-4-2/h36,38,42-48,50,52-56H,3-35,37,39-41H2,1-2H3,(H,51,57)(H,58,59,60)/b38-36+. The lowest BCUT2D eigenvalue weighted by Crippen LogP contribution is -2.61. The molecule has 1 fully saturated rings. The van der Waals surface area contributed by atoms with Gasteiger partial charge in [0.15, 0.2) is 6.29 Å². The molecule has 64 heavy (non-hydrogen) atoms. The van der Waals surface area contributed by atoms with E-state index in [4.69, 9.17) is 9.47 Å². The van der Waals surface area contributed by atoms with Crippen LogP contribution in [0.1, 0.15) is 239 Å². The fourth-order valence-electron chi connectivity index (χ4n) is 8.52. The van der Waals surface area contributed by atoms with Crippen molar-refractivity contribution in [2.45, 2.75) is 288 Å². The fourth-order valence-corrected chi connectivity index (χ4v) is 9.03. The number of carbonyl (C=O) groups excluding carboxylic acids is 1. The maximum absolute atomic E-state index is 13.1. The third-order valence-electron chi connectivity index (χ3n) is 12.7. The Morgan fingerprint density at radius 2 is 1.02 bits per heavy atom. The predicted molar refractivity (Wildman–Crippen MR) is 256 cm³/mol. The largest absolute Gasteiger partial charge is 0.397 e. The molecule has 14 heteroatoms. The van der Waals surface area contributed by atoms with Gasteiger partial charge in [0.25, 0.3) is 0 Å². The molecule has 0 aliphatic carbocycles. The summed E-state index contributed by atoms with van der Waals surface area (Å²) in [7, 11) is -5.12. The van der Waals surface area contributed by atoms with Gasteiger partial charge in [-0.1, -0.05) is 231 Å². The number of rotatable bonds is 45. The van der Waals surface area contributed by atoms with Gasteiger partial charge in [-0.05, 0) is 19.3 Å². The first-order valence-corrected chi connectivity index (χ1v) is 27.5. The molecule has 0 aromatic rings. The molecule has 1 aliphatic rings. The Kier molecular flexibility index (Phi) is 38.8. The van der Waals surface area contributed by atoms with Crippen molar-refractivity contribution in [1.29, 1.82) is 0 Å². The smallest absolute Gasteiger partial charge is 0.394 e. The van der Waals surface area contributed by atoms with Gasteiger partial charge in [0, 0.05) is 0 Å². The quantitative estimate of drug-likeness (QED) is 0.0173. The molecule has 1 amide bonds. The van der Waals surface area contributed by atoms with Crippen molar-refractivity contribution in [2.24, 2.45) is 0 Å². The molecule has 1 heterocycles. The molecule has 0 saturated carbocycles. The van der Waals surface area contributed by atoms with Crippen LogP contribution in [0.5, 0.6) is 0 Å². The molecular weight excluding hydrogens is 839 g/mol. The number of hydrogen-bond donors (Lipinski definition) is 7. The third kappa shape index (κ3) is 32.5. The Hall–Kier alpha value is -1.20. The summed E-state index contributed by atoms with van der Waals surface area (Å²) in [5.41, 5.74) is 0. The molecule has 0 aromatic carbocycles. The number of carbonyl (C=O) groups is 1. The lowest BCUT2D eigenvalue weighted by Gasteiger charge is -2.41. The van der Waals surface area contributed by atoms with Crippen molar-refractivity contribution in [1.82, 2.24) is 5.32 Å². The second kappa shape index (κ2) is 40.8. The first kappa shape index (κ1) is 60.8. The summed E-state index contributed by atoms with van der Waals surface area (Å²) in [5.74, 6) is -0.698. The zero-order valence-electron chi connectivity index (χ0n) is 40.5. The summed E-state index contributed by atoms with van der Waals surface area (Å²) in [4.78, 5) is 13.1. The summed E-state index contributed by atoms with van der Waals surface area (Å²) in [6, 6.07) is -1.11. The summed E-state index contributed by atoms with van der Waals surface area (Å²) in [6.07, 6.45) is 34.3. The van der Waals surface area contributed by atoms with Crippen molar-refractivity contribution in [3.8, 4) is 0 Å². The molecule has 13 nitrogen and oxygen atoms in total. The highest BCUT2D eigenvalue weighted by Gasteiger charge is 2.48. The number of unbranched alkanes of at least 4 members (excludes halogenated alkanes) is 32. The number of nitrogens with one attached hydrogen (secondary N) is 1. The van der Waals surface area contributed by atoms with Crippen molar-refractivity contribution in [3.05, 3.63) is 12.2 Å². The van der Waals surface area contributed by atoms with E-state index >= 15 is 0 Å². The van der Waals surface area contributed by atoms with E-state index in [0.717, 1.165) is 38.5 Å². The van der Waals surface area contributed by atoms with Crippen LogP contribution in [0.15, 0.2) is 12.2 Å². The van der Waals surface area contributed by atoms with E-state index in [1.165, 1.54) is 167 Å². The van der Waals surface area contributed by atoms with Crippen LogP contribution >= 0.6 is 0 Å². The van der Waals surface area contributed by atoms with E-state index in [1.807, 2.05) is 6.08 Å². The van der Waals surface area contributed by atoms with Gasteiger partial charge < -0.3 is 40.3 Å². The highest BCUT2D eigenvalue weighted by molar-refractivity contribution is 7.80. The average Bonchev–Trinajstić information content (AvgIpc) is 3.27. The van der Waals surface area contributed by atoms with Crippen molar-refractivity contribution in [2.75, 3.05) is 13.2 Å². The number of aliphatic hydroxyl groups is 5. The lowest BCUT2D eigenvalue weighted by molar-refractivity contribution is -0.298. The zero-order valence-corrected chi connectivity index (χ0v) is 41.3. The molecule has 7 N–H and O–H groups in total. The molecule has 1 rings (SSSR count). The molecule has 8 atom stereocenters. The lowest BCUT2D eigenvalue weighted by atomic mass is 9.99. The van der Waals surface area contributed by atoms with E-state index in [-0.39, 0.29) is 6.42 Å². The zero-order chi connectivity index (χ0) is 47.1. The first-order chi connectivity index (χ1) is 30.9. The second-order valence-electron chi connectivity index (χ2n) is 18.6. The maximum Gasteiger partial charge on any atom is 0.397 e. The van der Waals surface area contributed by atoms with E-state index in [1.54, 1.807) is 6.08 Å². The highest BCUT2D eigenvalue weighted by Crippen LogP contribution is 2.26. The predicted octanol–water partition coefficient (Wildman–Crippen LogP) is 10.1. The number of aliphatic hydroxyl groups excluding tert-OH is 5. The third-order valence-corrected chi connectivity index (χ3v) is 13.1. The Morgan fingerprint density at radius 3 is 1.41 bits per heavy atom. The minimum absolute atomic E-state index is 0.248. The van der Waals surface area contributed by atoms with E-state index in [9.17, 15) is 43.3 Å². The molecule has 0 radical (unpaired) electrons. The van der Waals surface area contributed by atoms with Crippen LogP contribution in [0.2, 0.25) is 0 Å². The Labute approximate surface area is 390 Å². The molecule has 1 saturated heterocycles. The van der Waals surface area contributed by atoms with Crippen molar-refractivity contribution < 1.29 is 57.0 Å². The van der Waals surface area contributed by atoms with Crippen LogP contribution in [0.4, 0.5) is 0 Å². The van der Waals surface area contributed by atoms with Gasteiger partial charge in [0.05, 0.1) is 25.4 Å². The Bertz CT molecular complexity index is 1210. The molecular formula is C50H97NO12S. The first-order valence-electron chi connectivity index (χ1n) is 26.2. The van der Waals surface area contributed by atoms with Crippen molar-refractivity contribution in [3.63, 3.8) is 0 Å². The topological polar surface area (TPSA) is 212 Å². The summed E-state index contributed by atoms with van der Waals surface area (Å²) in [5, 5.41) is 55.4. The summed E-state index contributed by atoms with van der Waals surface area (Å²) in [6.45, 7) is 3.25. The highest BCUT2D eigenvalue weighted by atomic mass is 32.3. The molecule has 0 bridgehead atoms. The fraction of sp³-hybridized carbons (Fsp3) is 0.940. The van der Waals surface area contributed by atoms with Gasteiger partial charge in [-0.3, -0.25) is 9.35 Å². The summed E-state index contributed by atoms with van der Waals surface area (Å²) >= 11 is 0. The number of hydrogen-bond acceptors (Lipinski definition) is 11. The van der Waals surface area contributed by atoms with E-state index in [0.29, 0.717) is 12.8 Å². The van der Waals surface area contributed by atoms with Crippen LogP contribution in [0.25, 0.3) is 0 Å². The second-order valence-corrected chi connectivity index (χ2v) is 19.7. The molecule has 0 spiro atoms. The van der Waals surface area contributed by atoms with Gasteiger partial charge >= 0.3 is 10.4 Å². The monoisotopic (exact) mass is 936 g/mol. The van der Waals surface area contributed by atoms with Crippen molar-refractivity contribution >= 4 is 16.3 Å². The SMILES string of the molecule is CCCCCCCCCCCCCCCCCCCCC/C=C/C(O)C(COC1OC(CO)C(O)C(OS(=O)(=O)O)C1O)NC(=O)C(O)CCCCCCCCCCCCCCCC. The molecule has 8 unspecified atom stereocenters. The number of amides is 1. The van der Waals surface area contributed by atoms with Crippen LogP contribution in [0, 0.1) is 0 Å². The van der Waals surface area contributed by atoms with Gasteiger partial charge in [0.2, 0.25) is 5.91 Å². The van der Waals surface area contributed by atoms with Gasteiger partial charge in [-0.15, -0.1) is 0 Å². The minimum Gasteiger partial charge on any atom is -0.394 e. The van der Waals surface area contributed by atoms with E-state index < -0.39 is 78.5 Å². The van der Waals surface area contributed by atoms with Crippen LogP contribution < -0.4 is 5.32 Å².